The average Bonchev–Trinajstić information content (AvgIpc) is 2.47. The fourth-order valence-corrected chi connectivity index (χ4v) is 1.93. The lowest BCUT2D eigenvalue weighted by atomic mass is 9.91. The molecule has 0 aromatic carbocycles. The highest BCUT2D eigenvalue weighted by Crippen LogP contribution is 2.30. The standard InChI is InChI=1S/C12H20O2/c1-5-10(6-2)12(13)11-7-8(3)14-9(11)4/h7,10,12-13H,5-6H2,1-4H3. The molecule has 1 atom stereocenters. The van der Waals surface area contributed by atoms with E-state index in [-0.39, 0.29) is 6.10 Å². The molecule has 1 aromatic rings. The van der Waals surface area contributed by atoms with Gasteiger partial charge in [-0.15, -0.1) is 0 Å². The van der Waals surface area contributed by atoms with Crippen molar-refractivity contribution in [3.8, 4) is 0 Å². The van der Waals surface area contributed by atoms with Gasteiger partial charge in [-0.2, -0.15) is 0 Å². The maximum absolute atomic E-state index is 10.1. The number of aliphatic hydroxyl groups is 1. The van der Waals surface area contributed by atoms with Crippen LogP contribution in [0.25, 0.3) is 0 Å². The van der Waals surface area contributed by atoms with Gasteiger partial charge >= 0.3 is 0 Å². The monoisotopic (exact) mass is 196 g/mol. The third-order valence-corrected chi connectivity index (χ3v) is 2.89. The van der Waals surface area contributed by atoms with Crippen LogP contribution in [0.1, 0.15) is 49.9 Å². The minimum Gasteiger partial charge on any atom is -0.466 e. The molecule has 1 rings (SSSR count). The summed E-state index contributed by atoms with van der Waals surface area (Å²) in [6.45, 7) is 8.05. The number of aliphatic hydroxyl groups excluding tert-OH is 1. The lowest BCUT2D eigenvalue weighted by molar-refractivity contribution is 0.102. The number of hydrogen-bond donors (Lipinski definition) is 1. The van der Waals surface area contributed by atoms with E-state index in [9.17, 15) is 5.11 Å². The van der Waals surface area contributed by atoms with Crippen molar-refractivity contribution in [3.05, 3.63) is 23.2 Å². The predicted molar refractivity (Wildman–Crippen MR) is 57.2 cm³/mol. The van der Waals surface area contributed by atoms with E-state index in [1.54, 1.807) is 0 Å². The Bertz CT molecular complexity index is 285. The highest BCUT2D eigenvalue weighted by molar-refractivity contribution is 5.23. The predicted octanol–water partition coefficient (Wildman–Crippen LogP) is 3.37. The van der Waals surface area contributed by atoms with E-state index in [0.717, 1.165) is 29.9 Å². The molecule has 80 valence electrons. The molecule has 0 bridgehead atoms. The van der Waals surface area contributed by atoms with Gasteiger partial charge in [0.25, 0.3) is 0 Å². The molecule has 0 amide bonds. The van der Waals surface area contributed by atoms with Crippen molar-refractivity contribution < 1.29 is 9.52 Å². The zero-order chi connectivity index (χ0) is 10.7. The van der Waals surface area contributed by atoms with Crippen molar-refractivity contribution in [2.75, 3.05) is 0 Å². The molecular formula is C12H20O2. The smallest absolute Gasteiger partial charge is 0.106 e. The van der Waals surface area contributed by atoms with Crippen molar-refractivity contribution in [3.63, 3.8) is 0 Å². The fraction of sp³-hybridized carbons (Fsp3) is 0.667. The molecule has 0 radical (unpaired) electrons. The van der Waals surface area contributed by atoms with E-state index in [2.05, 4.69) is 13.8 Å². The largest absolute Gasteiger partial charge is 0.466 e. The van der Waals surface area contributed by atoms with Crippen LogP contribution in [0.5, 0.6) is 0 Å². The Balaban J connectivity index is 2.87. The molecule has 1 N–H and O–H groups in total. The third-order valence-electron chi connectivity index (χ3n) is 2.89. The molecular weight excluding hydrogens is 176 g/mol. The van der Waals surface area contributed by atoms with E-state index in [4.69, 9.17) is 4.42 Å². The molecule has 0 saturated carbocycles. The van der Waals surface area contributed by atoms with Gasteiger partial charge in [-0.1, -0.05) is 26.7 Å². The van der Waals surface area contributed by atoms with Crippen molar-refractivity contribution in [1.82, 2.24) is 0 Å². The Morgan fingerprint density at radius 1 is 1.29 bits per heavy atom. The van der Waals surface area contributed by atoms with Gasteiger partial charge in [0.05, 0.1) is 6.10 Å². The second kappa shape index (κ2) is 4.65. The first kappa shape index (κ1) is 11.3. The first-order valence-electron chi connectivity index (χ1n) is 5.35. The normalized spacial score (nSPS) is 13.6. The highest BCUT2D eigenvalue weighted by atomic mass is 16.3. The summed E-state index contributed by atoms with van der Waals surface area (Å²) in [6.07, 6.45) is 1.63. The maximum Gasteiger partial charge on any atom is 0.106 e. The summed E-state index contributed by atoms with van der Waals surface area (Å²) in [5, 5.41) is 10.1. The van der Waals surface area contributed by atoms with Gasteiger partial charge in [0.15, 0.2) is 0 Å². The minimum absolute atomic E-state index is 0.339. The second-order valence-electron chi connectivity index (χ2n) is 3.89. The summed E-state index contributed by atoms with van der Waals surface area (Å²) >= 11 is 0. The van der Waals surface area contributed by atoms with Crippen LogP contribution >= 0.6 is 0 Å². The number of furan rings is 1. The summed E-state index contributed by atoms with van der Waals surface area (Å²) in [5.74, 6) is 2.06. The molecule has 2 nitrogen and oxygen atoms in total. The molecule has 0 aliphatic heterocycles. The van der Waals surface area contributed by atoms with Gasteiger partial charge in [0.1, 0.15) is 11.5 Å². The van der Waals surface area contributed by atoms with E-state index in [1.807, 2.05) is 19.9 Å². The van der Waals surface area contributed by atoms with E-state index in [0.29, 0.717) is 5.92 Å². The molecule has 2 heteroatoms. The van der Waals surface area contributed by atoms with Crippen molar-refractivity contribution in [2.24, 2.45) is 5.92 Å². The summed E-state index contributed by atoms with van der Waals surface area (Å²) in [5.41, 5.74) is 0.955. The summed E-state index contributed by atoms with van der Waals surface area (Å²) in [7, 11) is 0. The average molecular weight is 196 g/mol. The Hall–Kier alpha value is -0.760. The first-order chi connectivity index (χ1) is 6.60. The molecule has 14 heavy (non-hydrogen) atoms. The van der Waals surface area contributed by atoms with Crippen LogP contribution in [0, 0.1) is 19.8 Å². The van der Waals surface area contributed by atoms with Crippen LogP contribution in [0.2, 0.25) is 0 Å². The van der Waals surface area contributed by atoms with Gasteiger partial charge in [0, 0.05) is 5.56 Å². The van der Waals surface area contributed by atoms with E-state index < -0.39 is 0 Å². The zero-order valence-electron chi connectivity index (χ0n) is 9.50. The van der Waals surface area contributed by atoms with Gasteiger partial charge < -0.3 is 9.52 Å². The Labute approximate surface area is 85.9 Å². The Morgan fingerprint density at radius 3 is 2.21 bits per heavy atom. The van der Waals surface area contributed by atoms with Crippen LogP contribution in [-0.2, 0) is 0 Å². The van der Waals surface area contributed by atoms with Gasteiger partial charge in [-0.3, -0.25) is 0 Å². The molecule has 0 aliphatic carbocycles. The van der Waals surface area contributed by atoms with Crippen LogP contribution in [-0.4, -0.2) is 5.11 Å². The topological polar surface area (TPSA) is 33.4 Å². The summed E-state index contributed by atoms with van der Waals surface area (Å²) < 4.78 is 5.41. The van der Waals surface area contributed by atoms with E-state index >= 15 is 0 Å². The summed E-state index contributed by atoms with van der Waals surface area (Å²) in [4.78, 5) is 0. The lowest BCUT2D eigenvalue weighted by Gasteiger charge is -2.19. The molecule has 0 saturated heterocycles. The molecule has 1 heterocycles. The quantitative estimate of drug-likeness (QED) is 0.801. The Kier molecular flexibility index (Phi) is 3.76. The van der Waals surface area contributed by atoms with Crippen LogP contribution in [0.4, 0.5) is 0 Å². The third kappa shape index (κ3) is 2.18. The molecule has 0 aliphatic rings. The molecule has 1 unspecified atom stereocenters. The van der Waals surface area contributed by atoms with Crippen molar-refractivity contribution >= 4 is 0 Å². The van der Waals surface area contributed by atoms with Crippen LogP contribution < -0.4 is 0 Å². The highest BCUT2D eigenvalue weighted by Gasteiger charge is 2.21. The second-order valence-corrected chi connectivity index (χ2v) is 3.89. The molecule has 1 aromatic heterocycles. The van der Waals surface area contributed by atoms with Gasteiger partial charge in [-0.25, -0.2) is 0 Å². The number of aryl methyl sites for hydroxylation is 2. The van der Waals surface area contributed by atoms with Crippen LogP contribution in [0.3, 0.4) is 0 Å². The fourth-order valence-electron chi connectivity index (χ4n) is 1.93. The van der Waals surface area contributed by atoms with Gasteiger partial charge in [-0.05, 0) is 25.8 Å². The molecule has 0 spiro atoms. The minimum atomic E-state index is -0.373. The summed E-state index contributed by atoms with van der Waals surface area (Å²) in [6, 6.07) is 1.94. The Morgan fingerprint density at radius 2 is 1.86 bits per heavy atom. The SMILES string of the molecule is CCC(CC)C(O)c1cc(C)oc1C. The first-order valence-corrected chi connectivity index (χ1v) is 5.35. The van der Waals surface area contributed by atoms with Crippen molar-refractivity contribution in [1.29, 1.82) is 0 Å². The maximum atomic E-state index is 10.1. The van der Waals surface area contributed by atoms with Crippen molar-refractivity contribution in [2.45, 2.75) is 46.6 Å². The number of hydrogen-bond acceptors (Lipinski definition) is 2. The molecule has 0 fully saturated rings. The number of rotatable bonds is 4. The zero-order valence-corrected chi connectivity index (χ0v) is 9.50. The van der Waals surface area contributed by atoms with Crippen LogP contribution in [0.15, 0.2) is 10.5 Å². The lowest BCUT2D eigenvalue weighted by Crippen LogP contribution is -2.10. The van der Waals surface area contributed by atoms with Gasteiger partial charge in [0.2, 0.25) is 0 Å². The van der Waals surface area contributed by atoms with E-state index in [1.165, 1.54) is 0 Å².